The Labute approximate surface area is 171 Å². The molecular formula is C22H26N2O4S. The standard InChI is InChI=1S/C22H26N2O4S/c25-20-7-3-6-19(15-20)23-22(26)17-10-12-24(13-11-17)29(27,28)21-9-8-16-4-1-2-5-18(16)14-21/h3,6-9,14-15,17,25H,1-2,4-5,10-13H2,(H,23,26). The highest BCUT2D eigenvalue weighted by molar-refractivity contribution is 7.89. The van der Waals surface area contributed by atoms with Crippen molar-refractivity contribution in [1.82, 2.24) is 4.31 Å². The van der Waals surface area contributed by atoms with Crippen LogP contribution in [-0.4, -0.2) is 36.8 Å². The Morgan fingerprint density at radius 1 is 1.00 bits per heavy atom. The number of fused-ring (bicyclic) bond motifs is 1. The first-order valence-electron chi connectivity index (χ1n) is 10.2. The highest BCUT2D eigenvalue weighted by Crippen LogP contribution is 2.28. The average molecular weight is 415 g/mol. The number of rotatable bonds is 4. The van der Waals surface area contributed by atoms with E-state index >= 15 is 0 Å². The molecule has 0 bridgehead atoms. The lowest BCUT2D eigenvalue weighted by atomic mass is 9.92. The van der Waals surface area contributed by atoms with E-state index in [9.17, 15) is 18.3 Å². The minimum absolute atomic E-state index is 0.0914. The Bertz CT molecular complexity index is 1010. The number of sulfonamides is 1. The molecule has 1 fully saturated rings. The highest BCUT2D eigenvalue weighted by Gasteiger charge is 2.32. The van der Waals surface area contributed by atoms with Gasteiger partial charge in [0.25, 0.3) is 0 Å². The van der Waals surface area contributed by atoms with Crippen LogP contribution in [0.1, 0.15) is 36.8 Å². The lowest BCUT2D eigenvalue weighted by Gasteiger charge is -2.31. The van der Waals surface area contributed by atoms with E-state index < -0.39 is 10.0 Å². The summed E-state index contributed by atoms with van der Waals surface area (Å²) in [5.41, 5.74) is 2.95. The van der Waals surface area contributed by atoms with Crippen molar-refractivity contribution in [2.24, 2.45) is 5.92 Å². The van der Waals surface area contributed by atoms with Crippen LogP contribution >= 0.6 is 0 Å². The molecule has 1 heterocycles. The van der Waals surface area contributed by atoms with Gasteiger partial charge in [0.1, 0.15) is 5.75 Å². The third-order valence-corrected chi connectivity index (χ3v) is 7.79. The molecule has 0 unspecified atom stereocenters. The zero-order chi connectivity index (χ0) is 20.4. The van der Waals surface area contributed by atoms with Crippen LogP contribution in [0.15, 0.2) is 47.4 Å². The number of hydrogen-bond acceptors (Lipinski definition) is 4. The lowest BCUT2D eigenvalue weighted by molar-refractivity contribution is -0.120. The molecule has 0 atom stereocenters. The highest BCUT2D eigenvalue weighted by atomic mass is 32.2. The molecule has 0 saturated carbocycles. The minimum Gasteiger partial charge on any atom is -0.508 e. The van der Waals surface area contributed by atoms with Crippen LogP contribution in [-0.2, 0) is 27.7 Å². The second-order valence-electron chi connectivity index (χ2n) is 7.86. The van der Waals surface area contributed by atoms with Crippen molar-refractivity contribution in [2.75, 3.05) is 18.4 Å². The van der Waals surface area contributed by atoms with Crippen molar-refractivity contribution in [3.05, 3.63) is 53.6 Å². The van der Waals surface area contributed by atoms with Crippen LogP contribution in [0.4, 0.5) is 5.69 Å². The maximum absolute atomic E-state index is 13.1. The molecule has 0 spiro atoms. The molecule has 29 heavy (non-hydrogen) atoms. The Hall–Kier alpha value is -2.38. The number of phenolic OH excluding ortho intramolecular Hbond substituents is 1. The first kappa shape index (κ1) is 19.9. The monoisotopic (exact) mass is 414 g/mol. The predicted octanol–water partition coefficient (Wildman–Crippen LogP) is 3.31. The van der Waals surface area contributed by atoms with Gasteiger partial charge in [-0.3, -0.25) is 4.79 Å². The van der Waals surface area contributed by atoms with E-state index in [2.05, 4.69) is 5.32 Å². The summed E-state index contributed by atoms with van der Waals surface area (Å²) in [6.07, 6.45) is 5.20. The van der Waals surface area contributed by atoms with Gasteiger partial charge in [0, 0.05) is 30.8 Å². The predicted molar refractivity (Wildman–Crippen MR) is 111 cm³/mol. The zero-order valence-electron chi connectivity index (χ0n) is 16.3. The summed E-state index contributed by atoms with van der Waals surface area (Å²) < 4.78 is 27.6. The Kier molecular flexibility index (Phi) is 5.61. The van der Waals surface area contributed by atoms with Gasteiger partial charge in [0.05, 0.1) is 4.90 Å². The number of amides is 1. The van der Waals surface area contributed by atoms with Crippen LogP contribution in [0.3, 0.4) is 0 Å². The summed E-state index contributed by atoms with van der Waals surface area (Å²) in [5, 5.41) is 12.3. The van der Waals surface area contributed by atoms with Gasteiger partial charge in [-0.2, -0.15) is 4.31 Å². The Balaban J connectivity index is 1.40. The van der Waals surface area contributed by atoms with Crippen molar-refractivity contribution in [2.45, 2.75) is 43.4 Å². The zero-order valence-corrected chi connectivity index (χ0v) is 17.1. The third-order valence-electron chi connectivity index (χ3n) is 5.90. The SMILES string of the molecule is O=C(Nc1cccc(O)c1)C1CCN(S(=O)(=O)c2ccc3c(c2)CCCC3)CC1. The molecule has 2 N–H and O–H groups in total. The second-order valence-corrected chi connectivity index (χ2v) is 9.79. The normalized spacial score (nSPS) is 18.2. The largest absolute Gasteiger partial charge is 0.508 e. The molecule has 0 radical (unpaired) electrons. The van der Waals surface area contributed by atoms with Crippen LogP contribution < -0.4 is 5.32 Å². The maximum atomic E-state index is 13.1. The number of anilines is 1. The summed E-state index contributed by atoms with van der Waals surface area (Å²) in [6.45, 7) is 0.662. The van der Waals surface area contributed by atoms with Gasteiger partial charge in [-0.1, -0.05) is 12.1 Å². The van der Waals surface area contributed by atoms with Crippen molar-refractivity contribution < 1.29 is 18.3 Å². The average Bonchev–Trinajstić information content (AvgIpc) is 2.73. The van der Waals surface area contributed by atoms with E-state index in [1.54, 1.807) is 24.3 Å². The van der Waals surface area contributed by atoms with E-state index in [4.69, 9.17) is 0 Å². The van der Waals surface area contributed by atoms with Crippen LogP contribution in [0.5, 0.6) is 5.75 Å². The Morgan fingerprint density at radius 3 is 2.45 bits per heavy atom. The van der Waals surface area contributed by atoms with E-state index in [0.29, 0.717) is 36.5 Å². The fourth-order valence-electron chi connectivity index (χ4n) is 4.21. The number of nitrogens with zero attached hydrogens (tertiary/aromatic N) is 1. The van der Waals surface area contributed by atoms with Crippen LogP contribution in [0.2, 0.25) is 0 Å². The number of nitrogens with one attached hydrogen (secondary N) is 1. The molecule has 1 aliphatic carbocycles. The van der Waals surface area contributed by atoms with Gasteiger partial charge in [-0.25, -0.2) is 8.42 Å². The minimum atomic E-state index is -3.54. The fourth-order valence-corrected chi connectivity index (χ4v) is 5.73. The first-order chi connectivity index (χ1) is 13.9. The van der Waals surface area contributed by atoms with Gasteiger partial charge < -0.3 is 10.4 Å². The van der Waals surface area contributed by atoms with E-state index in [0.717, 1.165) is 31.2 Å². The fraction of sp³-hybridized carbons (Fsp3) is 0.409. The van der Waals surface area contributed by atoms with Gasteiger partial charge in [-0.05, 0) is 73.9 Å². The molecule has 1 saturated heterocycles. The molecule has 154 valence electrons. The topological polar surface area (TPSA) is 86.7 Å². The van der Waals surface area contributed by atoms with Gasteiger partial charge in [-0.15, -0.1) is 0 Å². The summed E-state index contributed by atoms with van der Waals surface area (Å²) in [7, 11) is -3.54. The summed E-state index contributed by atoms with van der Waals surface area (Å²) in [5.74, 6) is -0.289. The van der Waals surface area contributed by atoms with Crippen molar-refractivity contribution >= 4 is 21.6 Å². The summed E-state index contributed by atoms with van der Waals surface area (Å²) in [6, 6.07) is 11.9. The molecule has 7 heteroatoms. The smallest absolute Gasteiger partial charge is 0.243 e. The van der Waals surface area contributed by atoms with E-state index in [1.807, 2.05) is 12.1 Å². The Morgan fingerprint density at radius 2 is 1.72 bits per heavy atom. The van der Waals surface area contributed by atoms with Crippen LogP contribution in [0.25, 0.3) is 0 Å². The number of benzene rings is 2. The lowest BCUT2D eigenvalue weighted by Crippen LogP contribution is -2.41. The molecule has 1 aliphatic heterocycles. The first-order valence-corrected chi connectivity index (χ1v) is 11.6. The van der Waals surface area contributed by atoms with Crippen molar-refractivity contribution in [1.29, 1.82) is 0 Å². The van der Waals surface area contributed by atoms with Gasteiger partial charge >= 0.3 is 0 Å². The quantitative estimate of drug-likeness (QED) is 0.804. The molecule has 4 rings (SSSR count). The second kappa shape index (κ2) is 8.16. The number of aryl methyl sites for hydroxylation is 2. The molecule has 2 aliphatic rings. The number of hydrogen-bond donors (Lipinski definition) is 2. The molecule has 1 amide bonds. The molecule has 0 aromatic heterocycles. The van der Waals surface area contributed by atoms with Crippen molar-refractivity contribution in [3.63, 3.8) is 0 Å². The van der Waals surface area contributed by atoms with E-state index in [-0.39, 0.29) is 17.6 Å². The van der Waals surface area contributed by atoms with Gasteiger partial charge in [0.15, 0.2) is 0 Å². The summed E-state index contributed by atoms with van der Waals surface area (Å²) >= 11 is 0. The number of phenols is 1. The summed E-state index contributed by atoms with van der Waals surface area (Å²) in [4.78, 5) is 12.9. The maximum Gasteiger partial charge on any atom is 0.243 e. The van der Waals surface area contributed by atoms with Crippen LogP contribution in [0, 0.1) is 5.92 Å². The van der Waals surface area contributed by atoms with E-state index in [1.165, 1.54) is 15.9 Å². The molecule has 6 nitrogen and oxygen atoms in total. The number of piperidine rings is 1. The van der Waals surface area contributed by atoms with Gasteiger partial charge in [0.2, 0.25) is 15.9 Å². The molecule has 2 aromatic carbocycles. The third kappa shape index (κ3) is 4.31. The molecular weight excluding hydrogens is 388 g/mol. The number of carbonyl (C=O) groups is 1. The number of carbonyl (C=O) groups excluding carboxylic acids is 1. The molecule has 2 aromatic rings. The van der Waals surface area contributed by atoms with Crippen molar-refractivity contribution in [3.8, 4) is 5.75 Å². The number of aromatic hydroxyl groups is 1.